The zero-order chi connectivity index (χ0) is 36.2. The lowest BCUT2D eigenvalue weighted by Crippen LogP contribution is -2.57. The van der Waals surface area contributed by atoms with Gasteiger partial charge in [0.15, 0.2) is 11.1 Å². The molecule has 1 saturated heterocycles. The third-order valence-electron chi connectivity index (χ3n) is 11.7. The van der Waals surface area contributed by atoms with E-state index in [2.05, 4.69) is 0 Å². The van der Waals surface area contributed by atoms with Crippen molar-refractivity contribution < 1.29 is 29.4 Å². The van der Waals surface area contributed by atoms with Crippen molar-refractivity contribution in [2.45, 2.75) is 135 Å². The van der Waals surface area contributed by atoms with Crippen LogP contribution in [0.1, 0.15) is 129 Å². The molecule has 2 aromatic rings. The number of hydroxylamine groups is 8. The molecule has 2 radical (unpaired) electrons. The van der Waals surface area contributed by atoms with Gasteiger partial charge in [-0.1, -0.05) is 22.3 Å². The normalized spacial score (nSPS) is 24.4. The molecule has 3 aliphatic rings. The summed E-state index contributed by atoms with van der Waals surface area (Å²) >= 11 is 0. The Balaban J connectivity index is 1.54. The smallest absolute Gasteiger partial charge is 0.343 e. The summed E-state index contributed by atoms with van der Waals surface area (Å²) in [5.74, 6) is -1.15. The van der Waals surface area contributed by atoms with Crippen LogP contribution in [0.15, 0.2) is 42.5 Å². The summed E-state index contributed by atoms with van der Waals surface area (Å²) in [7, 11) is 0. The van der Waals surface area contributed by atoms with E-state index in [1.165, 1.54) is 23.3 Å². The van der Waals surface area contributed by atoms with Crippen LogP contribution in [-0.4, -0.2) is 75.5 Å². The maximum atomic E-state index is 13.8. The van der Waals surface area contributed by atoms with E-state index in [0.717, 1.165) is 5.56 Å². The minimum atomic E-state index is -1.18. The molecular formula is C36H48N5O7-. The standard InChI is InChI=1S/C36H48N5O7/c1-31(2)20-25(21-32(3,4)41(31)47)22-13-15-23(16-14-22)30(42)48-27-18-17-24(28-37(43)33(5,6)34(7,8)38(28)44)19-26(27)29-39(45)35(9,10)36(11,12)40(29)46/h13-19,25H,20-21H2,1-12H3/q-1. The Bertz CT molecular complexity index is 1690. The van der Waals surface area contributed by atoms with Gasteiger partial charge in [0, 0.05) is 21.5 Å². The Kier molecular flexibility index (Phi) is 8.08. The third-order valence-corrected chi connectivity index (χ3v) is 11.7. The highest BCUT2D eigenvalue weighted by Crippen LogP contribution is 2.45. The molecule has 12 heteroatoms. The van der Waals surface area contributed by atoms with Crippen LogP contribution >= 0.6 is 0 Å². The van der Waals surface area contributed by atoms with Gasteiger partial charge in [-0.2, -0.15) is 0 Å². The Labute approximate surface area is 283 Å². The molecule has 260 valence electrons. The zero-order valence-corrected chi connectivity index (χ0v) is 30.1. The van der Waals surface area contributed by atoms with Crippen LogP contribution in [0.4, 0.5) is 0 Å². The summed E-state index contributed by atoms with van der Waals surface area (Å²) in [6.07, 6.45) is 1.33. The van der Waals surface area contributed by atoms with Crippen molar-refractivity contribution in [1.29, 1.82) is 0 Å². The van der Waals surface area contributed by atoms with Crippen molar-refractivity contribution >= 4 is 17.6 Å². The fourth-order valence-corrected chi connectivity index (χ4v) is 7.15. The van der Waals surface area contributed by atoms with E-state index in [0.29, 0.717) is 32.4 Å². The molecule has 12 nitrogen and oxygen atoms in total. The van der Waals surface area contributed by atoms with Gasteiger partial charge in [-0.3, -0.25) is 9.48 Å². The summed E-state index contributed by atoms with van der Waals surface area (Å²) in [5, 5.41) is 69.7. The van der Waals surface area contributed by atoms with E-state index >= 15 is 0 Å². The first kappa shape index (κ1) is 35.6. The van der Waals surface area contributed by atoms with Crippen LogP contribution in [0.25, 0.3) is 0 Å². The summed E-state index contributed by atoms with van der Waals surface area (Å²) in [6, 6.07) is 11.3. The van der Waals surface area contributed by atoms with E-state index in [-0.39, 0.29) is 40.0 Å². The lowest BCUT2D eigenvalue weighted by atomic mass is 9.72. The number of benzene rings is 2. The molecule has 1 fully saturated rings. The van der Waals surface area contributed by atoms with Gasteiger partial charge in [-0.15, -0.1) is 0 Å². The first-order chi connectivity index (χ1) is 21.8. The number of esters is 1. The van der Waals surface area contributed by atoms with Crippen LogP contribution in [0.3, 0.4) is 0 Å². The number of amidine groups is 2. The minimum Gasteiger partial charge on any atom is -0.784 e. The highest BCUT2D eigenvalue weighted by Gasteiger charge is 2.62. The minimum absolute atomic E-state index is 0.0215. The van der Waals surface area contributed by atoms with Crippen molar-refractivity contribution in [3.05, 3.63) is 80.3 Å². The average molecular weight is 663 g/mol. The molecule has 3 aliphatic heterocycles. The predicted octanol–water partition coefficient (Wildman–Crippen LogP) is 6.09. The molecule has 0 N–H and O–H groups in total. The Hall–Kier alpha value is -3.71. The lowest BCUT2D eigenvalue weighted by Gasteiger charge is -2.60. The molecule has 48 heavy (non-hydrogen) atoms. The van der Waals surface area contributed by atoms with Gasteiger partial charge in [-0.05, 0) is 138 Å². The lowest BCUT2D eigenvalue weighted by molar-refractivity contribution is -0.539. The number of piperidine rings is 1. The molecule has 0 aromatic heterocycles. The van der Waals surface area contributed by atoms with Crippen LogP contribution in [0.2, 0.25) is 0 Å². The molecule has 0 unspecified atom stereocenters. The van der Waals surface area contributed by atoms with Crippen LogP contribution in [0.5, 0.6) is 5.75 Å². The maximum absolute atomic E-state index is 13.8. The number of nitrogens with zero attached hydrogens (tertiary/aromatic N) is 5. The van der Waals surface area contributed by atoms with Crippen LogP contribution < -0.4 is 4.74 Å². The number of ether oxygens (including phenoxy) is 1. The van der Waals surface area contributed by atoms with Gasteiger partial charge < -0.3 is 25.4 Å². The van der Waals surface area contributed by atoms with E-state index < -0.39 is 39.2 Å². The number of hydrogen-bond donors (Lipinski definition) is 0. The van der Waals surface area contributed by atoms with Gasteiger partial charge in [0.05, 0.1) is 11.1 Å². The van der Waals surface area contributed by atoms with Crippen LogP contribution in [-0.2, 0) is 10.4 Å². The quantitative estimate of drug-likeness (QED) is 0.161. The van der Waals surface area contributed by atoms with Crippen molar-refractivity contribution in [1.82, 2.24) is 15.2 Å². The second kappa shape index (κ2) is 10.9. The Morgan fingerprint density at radius 3 is 1.62 bits per heavy atom. The number of carbonyl (C=O) groups excluding carboxylic acids is 1. The second-order valence-corrected chi connectivity index (χ2v) is 16.8. The molecule has 2 aromatic carbocycles. The highest BCUT2D eigenvalue weighted by molar-refractivity contribution is 6.04. The molecule has 0 amide bonds. The average Bonchev–Trinajstić information content (AvgIpc) is 3.19. The fraction of sp³-hybridized carbons (Fsp3) is 0.583. The SMILES string of the molecule is CC1(C)CC(c2ccc(C(=O)Oc3ccc(C4=[N+]([O-])C(C)(C)C(C)(C)N4[O])cc3C3=[N+]([O-])C(C)(C)C(C)(C)N3[O])cc2)CC(C)(C)N1[O-]. The van der Waals surface area contributed by atoms with E-state index in [1.807, 2.05) is 39.8 Å². The topological polar surface area (TPSA) is 151 Å². The van der Waals surface area contributed by atoms with Crippen molar-refractivity contribution in [2.75, 3.05) is 0 Å². The summed E-state index contributed by atoms with van der Waals surface area (Å²) < 4.78 is 7.11. The third kappa shape index (κ3) is 5.07. The van der Waals surface area contributed by atoms with E-state index in [9.17, 15) is 30.8 Å². The summed E-state index contributed by atoms with van der Waals surface area (Å²) in [5.41, 5.74) is -4.25. The molecule has 0 aliphatic carbocycles. The zero-order valence-electron chi connectivity index (χ0n) is 30.1. The van der Waals surface area contributed by atoms with E-state index in [1.54, 1.807) is 67.5 Å². The molecule has 3 heterocycles. The first-order valence-electron chi connectivity index (χ1n) is 16.4. The number of carbonyl (C=O) groups is 1. The number of rotatable bonds is 5. The monoisotopic (exact) mass is 662 g/mol. The van der Waals surface area contributed by atoms with Crippen LogP contribution in [0, 0.1) is 15.6 Å². The Morgan fingerprint density at radius 2 is 1.19 bits per heavy atom. The highest BCUT2D eigenvalue weighted by atomic mass is 16.6. The second-order valence-electron chi connectivity index (χ2n) is 16.8. The van der Waals surface area contributed by atoms with E-state index in [4.69, 9.17) is 4.74 Å². The van der Waals surface area contributed by atoms with Crippen molar-refractivity contribution in [2.24, 2.45) is 0 Å². The molecule has 0 saturated carbocycles. The van der Waals surface area contributed by atoms with Gasteiger partial charge >= 0.3 is 17.6 Å². The summed E-state index contributed by atoms with van der Waals surface area (Å²) in [6.45, 7) is 21.0. The van der Waals surface area contributed by atoms with Crippen molar-refractivity contribution in [3.8, 4) is 5.75 Å². The molecule has 0 atom stereocenters. The maximum Gasteiger partial charge on any atom is 0.343 e. The van der Waals surface area contributed by atoms with Gasteiger partial charge in [0.25, 0.3) is 0 Å². The number of hydrogen-bond acceptors (Lipinski definition) is 8. The van der Waals surface area contributed by atoms with Gasteiger partial charge in [0.2, 0.25) is 0 Å². The Morgan fingerprint density at radius 1 is 0.729 bits per heavy atom. The van der Waals surface area contributed by atoms with Crippen molar-refractivity contribution in [3.63, 3.8) is 0 Å². The predicted molar refractivity (Wildman–Crippen MR) is 180 cm³/mol. The van der Waals surface area contributed by atoms with Gasteiger partial charge in [0.1, 0.15) is 22.4 Å². The fourth-order valence-electron chi connectivity index (χ4n) is 7.15. The van der Waals surface area contributed by atoms with Gasteiger partial charge in [-0.25, -0.2) is 4.79 Å². The molecule has 0 spiro atoms. The molecular weight excluding hydrogens is 614 g/mol. The molecule has 0 bridgehead atoms. The summed E-state index contributed by atoms with van der Waals surface area (Å²) in [4.78, 5) is 13.6. The first-order valence-corrected chi connectivity index (χ1v) is 16.4. The molecule has 5 rings (SSSR count). The largest absolute Gasteiger partial charge is 0.784 e.